The Morgan fingerprint density at radius 2 is 1.93 bits per heavy atom. The molecule has 0 radical (unpaired) electrons. The molecule has 0 amide bonds. The van der Waals surface area contributed by atoms with Crippen LogP contribution in [0.4, 0.5) is 0 Å². The summed E-state index contributed by atoms with van der Waals surface area (Å²) >= 11 is 0. The first-order valence-electron chi connectivity index (χ1n) is 5.87. The van der Waals surface area contributed by atoms with Crippen LogP contribution in [0.3, 0.4) is 0 Å². The van der Waals surface area contributed by atoms with Crippen LogP contribution < -0.4 is 5.32 Å². The maximum atomic E-state index is 4.02. The van der Waals surface area contributed by atoms with Crippen LogP contribution >= 0.6 is 0 Å². The molecule has 1 rings (SSSR count). The molecule has 0 spiro atoms. The summed E-state index contributed by atoms with van der Waals surface area (Å²) in [5.74, 6) is 0.763. The maximum absolute atomic E-state index is 4.02. The van der Waals surface area contributed by atoms with Gasteiger partial charge in [-0.2, -0.15) is 0 Å². The Bertz CT molecular complexity index is 258. The lowest BCUT2D eigenvalue weighted by atomic mass is 10.0. The molecule has 84 valence electrons. The number of aromatic nitrogens is 1. The Balaban J connectivity index is 2.33. The van der Waals surface area contributed by atoms with E-state index in [1.165, 1.54) is 18.4 Å². The Morgan fingerprint density at radius 3 is 2.53 bits per heavy atom. The average molecular weight is 206 g/mol. The molecule has 0 bridgehead atoms. The summed E-state index contributed by atoms with van der Waals surface area (Å²) in [5.41, 5.74) is 1.31. The van der Waals surface area contributed by atoms with Gasteiger partial charge in [-0.25, -0.2) is 0 Å². The van der Waals surface area contributed by atoms with E-state index < -0.39 is 0 Å². The molecule has 0 aliphatic heterocycles. The molecule has 0 aliphatic rings. The van der Waals surface area contributed by atoms with Gasteiger partial charge >= 0.3 is 0 Å². The highest BCUT2D eigenvalue weighted by atomic mass is 14.9. The Hall–Kier alpha value is -0.890. The fourth-order valence-corrected chi connectivity index (χ4v) is 1.74. The fraction of sp³-hybridized carbons (Fsp3) is 0.615. The fourth-order valence-electron chi connectivity index (χ4n) is 1.74. The van der Waals surface area contributed by atoms with Crippen LogP contribution in [-0.2, 0) is 0 Å². The normalized spacial score (nSPS) is 14.9. The van der Waals surface area contributed by atoms with Gasteiger partial charge in [-0.15, -0.1) is 0 Å². The second-order valence-electron chi connectivity index (χ2n) is 4.30. The van der Waals surface area contributed by atoms with Gasteiger partial charge < -0.3 is 5.32 Å². The maximum Gasteiger partial charge on any atom is 0.0293 e. The lowest BCUT2D eigenvalue weighted by molar-refractivity contribution is 0.444. The van der Waals surface area contributed by atoms with Gasteiger partial charge in [0.2, 0.25) is 0 Å². The van der Waals surface area contributed by atoms with Crippen LogP contribution in [0.5, 0.6) is 0 Å². The first kappa shape index (κ1) is 12.2. The zero-order valence-electron chi connectivity index (χ0n) is 10.0. The molecule has 0 fully saturated rings. The second kappa shape index (κ2) is 6.57. The first-order chi connectivity index (χ1) is 7.24. The molecule has 2 unspecified atom stereocenters. The molecule has 2 heteroatoms. The van der Waals surface area contributed by atoms with Crippen LogP contribution in [-0.4, -0.2) is 11.5 Å². The van der Waals surface area contributed by atoms with E-state index in [1.54, 1.807) is 0 Å². The van der Waals surface area contributed by atoms with Gasteiger partial charge in [-0.3, -0.25) is 4.98 Å². The van der Waals surface area contributed by atoms with Crippen LogP contribution in [0.25, 0.3) is 0 Å². The molecule has 0 aromatic carbocycles. The van der Waals surface area contributed by atoms with E-state index in [0.717, 1.165) is 12.5 Å². The summed E-state index contributed by atoms with van der Waals surface area (Å²) < 4.78 is 0. The van der Waals surface area contributed by atoms with Gasteiger partial charge in [-0.05, 0) is 43.5 Å². The van der Waals surface area contributed by atoms with Crippen molar-refractivity contribution in [3.63, 3.8) is 0 Å². The standard InChI is InChI=1S/C13H22N2/c1-4-5-11(2)10-15-12(3)13-6-8-14-9-7-13/h6-9,11-12,15H,4-5,10H2,1-3H3. The van der Waals surface area contributed by atoms with Crippen LogP contribution in [0.1, 0.15) is 45.2 Å². The smallest absolute Gasteiger partial charge is 0.0293 e. The van der Waals surface area contributed by atoms with E-state index in [0.29, 0.717) is 6.04 Å². The van der Waals surface area contributed by atoms with E-state index in [4.69, 9.17) is 0 Å². The number of hydrogen-bond acceptors (Lipinski definition) is 2. The molecule has 1 N–H and O–H groups in total. The lowest BCUT2D eigenvalue weighted by Crippen LogP contribution is -2.24. The summed E-state index contributed by atoms with van der Waals surface area (Å²) in [5, 5.41) is 3.56. The molecular weight excluding hydrogens is 184 g/mol. The highest BCUT2D eigenvalue weighted by Gasteiger charge is 2.06. The summed E-state index contributed by atoms with van der Waals surface area (Å²) in [6.45, 7) is 7.84. The molecule has 2 atom stereocenters. The quantitative estimate of drug-likeness (QED) is 0.773. The van der Waals surface area contributed by atoms with Gasteiger partial charge in [0.15, 0.2) is 0 Å². The molecular formula is C13H22N2. The molecule has 1 aromatic heterocycles. The summed E-state index contributed by atoms with van der Waals surface area (Å²) in [7, 11) is 0. The van der Waals surface area contributed by atoms with Crippen molar-refractivity contribution in [1.29, 1.82) is 0 Å². The number of nitrogens with one attached hydrogen (secondary N) is 1. The van der Waals surface area contributed by atoms with Crippen molar-refractivity contribution in [2.75, 3.05) is 6.54 Å². The molecule has 1 heterocycles. The number of rotatable bonds is 6. The van der Waals surface area contributed by atoms with Gasteiger partial charge in [-0.1, -0.05) is 20.3 Å². The van der Waals surface area contributed by atoms with Crippen molar-refractivity contribution in [3.8, 4) is 0 Å². The third-order valence-electron chi connectivity index (χ3n) is 2.76. The predicted molar refractivity (Wildman–Crippen MR) is 64.7 cm³/mol. The minimum absolute atomic E-state index is 0.423. The third-order valence-corrected chi connectivity index (χ3v) is 2.76. The Labute approximate surface area is 93.1 Å². The van der Waals surface area contributed by atoms with Crippen LogP contribution in [0.15, 0.2) is 24.5 Å². The number of nitrogens with zero attached hydrogens (tertiary/aromatic N) is 1. The predicted octanol–water partition coefficient (Wildman–Crippen LogP) is 3.17. The molecule has 15 heavy (non-hydrogen) atoms. The second-order valence-corrected chi connectivity index (χ2v) is 4.30. The monoisotopic (exact) mass is 206 g/mol. The van der Waals surface area contributed by atoms with Gasteiger partial charge in [0.05, 0.1) is 0 Å². The van der Waals surface area contributed by atoms with E-state index in [1.807, 2.05) is 12.4 Å². The van der Waals surface area contributed by atoms with E-state index in [-0.39, 0.29) is 0 Å². The topological polar surface area (TPSA) is 24.9 Å². The minimum Gasteiger partial charge on any atom is -0.310 e. The SMILES string of the molecule is CCCC(C)CNC(C)c1ccncc1. The molecule has 2 nitrogen and oxygen atoms in total. The first-order valence-corrected chi connectivity index (χ1v) is 5.87. The molecule has 0 saturated heterocycles. The van der Waals surface area contributed by atoms with Crippen LogP contribution in [0.2, 0.25) is 0 Å². The van der Waals surface area contributed by atoms with E-state index >= 15 is 0 Å². The largest absolute Gasteiger partial charge is 0.310 e. The molecule has 0 aliphatic carbocycles. The molecule has 1 aromatic rings. The third kappa shape index (κ3) is 4.43. The Kier molecular flexibility index (Phi) is 5.33. The van der Waals surface area contributed by atoms with Gasteiger partial charge in [0, 0.05) is 18.4 Å². The zero-order chi connectivity index (χ0) is 11.1. The number of hydrogen-bond donors (Lipinski definition) is 1. The van der Waals surface area contributed by atoms with Crippen molar-refractivity contribution in [2.24, 2.45) is 5.92 Å². The van der Waals surface area contributed by atoms with E-state index in [9.17, 15) is 0 Å². The summed E-state index contributed by atoms with van der Waals surface area (Å²) in [6, 6.07) is 4.57. The van der Waals surface area contributed by atoms with Gasteiger partial charge in [0.25, 0.3) is 0 Å². The minimum atomic E-state index is 0.423. The lowest BCUT2D eigenvalue weighted by Gasteiger charge is -2.17. The highest BCUT2D eigenvalue weighted by Crippen LogP contribution is 2.11. The van der Waals surface area contributed by atoms with E-state index in [2.05, 4.69) is 43.2 Å². The summed E-state index contributed by atoms with van der Waals surface area (Å²) in [6.07, 6.45) is 6.27. The summed E-state index contributed by atoms with van der Waals surface area (Å²) in [4.78, 5) is 4.02. The van der Waals surface area contributed by atoms with Crippen molar-refractivity contribution in [2.45, 2.75) is 39.7 Å². The highest BCUT2D eigenvalue weighted by molar-refractivity contribution is 5.13. The van der Waals surface area contributed by atoms with Crippen molar-refractivity contribution >= 4 is 0 Å². The Morgan fingerprint density at radius 1 is 1.27 bits per heavy atom. The van der Waals surface area contributed by atoms with Gasteiger partial charge in [0.1, 0.15) is 0 Å². The van der Waals surface area contributed by atoms with Crippen LogP contribution in [0, 0.1) is 5.92 Å². The number of pyridine rings is 1. The van der Waals surface area contributed by atoms with Crippen molar-refractivity contribution in [3.05, 3.63) is 30.1 Å². The molecule has 0 saturated carbocycles. The average Bonchev–Trinajstić information content (AvgIpc) is 2.27. The van der Waals surface area contributed by atoms with Crippen molar-refractivity contribution in [1.82, 2.24) is 10.3 Å². The van der Waals surface area contributed by atoms with Crippen molar-refractivity contribution < 1.29 is 0 Å². The zero-order valence-corrected chi connectivity index (χ0v) is 10.0.